The number of rotatable bonds is 4. The van der Waals surface area contributed by atoms with E-state index in [2.05, 4.69) is 44.9 Å². The summed E-state index contributed by atoms with van der Waals surface area (Å²) in [4.78, 5) is 8.12. The van der Waals surface area contributed by atoms with Crippen molar-refractivity contribution in [3.05, 3.63) is 47.4 Å². The van der Waals surface area contributed by atoms with Crippen molar-refractivity contribution in [3.63, 3.8) is 0 Å². The van der Waals surface area contributed by atoms with Crippen LogP contribution >= 0.6 is 0 Å². The van der Waals surface area contributed by atoms with Crippen LogP contribution in [0.4, 0.5) is 16.2 Å². The largest absolute Gasteiger partial charge is 0.364 e. The van der Waals surface area contributed by atoms with Crippen molar-refractivity contribution in [1.82, 2.24) is 9.97 Å². The number of fused-ring (bicyclic) bond motifs is 1. The molecule has 0 radical (unpaired) electrons. The zero-order chi connectivity index (χ0) is 14.7. The van der Waals surface area contributed by atoms with E-state index < -0.39 is 5.82 Å². The summed E-state index contributed by atoms with van der Waals surface area (Å²) in [6.07, 6.45) is 4.11. The lowest BCUT2D eigenvalue weighted by Crippen LogP contribution is -2.28. The van der Waals surface area contributed by atoms with Gasteiger partial charge in [0.25, 0.3) is 0 Å². The van der Waals surface area contributed by atoms with Gasteiger partial charge >= 0.3 is 0 Å². The molecule has 110 valence electrons. The molecule has 21 heavy (non-hydrogen) atoms. The molecule has 5 heteroatoms. The maximum atomic E-state index is 13.8. The van der Waals surface area contributed by atoms with Gasteiger partial charge in [0, 0.05) is 12.6 Å². The van der Waals surface area contributed by atoms with Crippen LogP contribution in [-0.2, 0) is 12.8 Å². The predicted molar refractivity (Wildman–Crippen MR) is 82.0 cm³/mol. The molecule has 1 aliphatic rings. The molecule has 1 atom stereocenters. The molecule has 2 aromatic rings. The van der Waals surface area contributed by atoms with Crippen LogP contribution in [0.15, 0.2) is 30.5 Å². The number of aryl methyl sites for hydroxylation is 1. The van der Waals surface area contributed by atoms with Crippen LogP contribution in [0.5, 0.6) is 0 Å². The predicted octanol–water partition coefficient (Wildman–Crippen LogP) is 3.02. The first-order chi connectivity index (χ1) is 10.3. The van der Waals surface area contributed by atoms with Crippen LogP contribution in [0.2, 0.25) is 0 Å². The number of hydrogen-bond donors (Lipinski definition) is 2. The minimum absolute atomic E-state index is 0.207. The van der Waals surface area contributed by atoms with Crippen LogP contribution in [0.25, 0.3) is 0 Å². The normalized spacial score (nSPS) is 17.1. The van der Waals surface area contributed by atoms with E-state index in [4.69, 9.17) is 0 Å². The topological polar surface area (TPSA) is 49.8 Å². The number of aromatic nitrogens is 2. The minimum atomic E-state index is -0.407. The van der Waals surface area contributed by atoms with Crippen LogP contribution in [-0.4, -0.2) is 22.6 Å². The standard InChI is InChI=1S/C16H19FN4/c1-2-18-16-19-10-14(17)15(21-16)20-13-8-7-11-5-3-4-6-12(11)9-13/h3-6,10,13H,2,7-9H2,1H3,(H2,18,19,20,21). The van der Waals surface area contributed by atoms with Crippen molar-refractivity contribution >= 4 is 11.8 Å². The van der Waals surface area contributed by atoms with Gasteiger partial charge in [0.05, 0.1) is 6.20 Å². The van der Waals surface area contributed by atoms with Gasteiger partial charge in [-0.3, -0.25) is 0 Å². The van der Waals surface area contributed by atoms with E-state index in [1.807, 2.05) is 6.92 Å². The summed E-state index contributed by atoms with van der Waals surface area (Å²) in [6, 6.07) is 8.64. The second kappa shape index (κ2) is 6.08. The van der Waals surface area contributed by atoms with Crippen molar-refractivity contribution in [1.29, 1.82) is 0 Å². The van der Waals surface area contributed by atoms with Crippen molar-refractivity contribution in [2.24, 2.45) is 0 Å². The summed E-state index contributed by atoms with van der Waals surface area (Å²) in [5.41, 5.74) is 2.73. The fraction of sp³-hybridized carbons (Fsp3) is 0.375. The molecule has 1 aliphatic carbocycles. The smallest absolute Gasteiger partial charge is 0.224 e. The third kappa shape index (κ3) is 3.12. The van der Waals surface area contributed by atoms with Gasteiger partial charge in [0.1, 0.15) is 0 Å². The molecule has 0 spiro atoms. The molecule has 0 amide bonds. The fourth-order valence-electron chi connectivity index (χ4n) is 2.73. The maximum Gasteiger partial charge on any atom is 0.224 e. The Morgan fingerprint density at radius 1 is 1.29 bits per heavy atom. The highest BCUT2D eigenvalue weighted by Gasteiger charge is 2.19. The van der Waals surface area contributed by atoms with Gasteiger partial charge in [0.15, 0.2) is 11.6 Å². The number of nitrogens with one attached hydrogen (secondary N) is 2. The summed E-state index contributed by atoms with van der Waals surface area (Å²) in [6.45, 7) is 2.67. The van der Waals surface area contributed by atoms with Gasteiger partial charge in [-0.15, -0.1) is 0 Å². The third-order valence-corrected chi connectivity index (χ3v) is 3.77. The number of halogens is 1. The fourth-order valence-corrected chi connectivity index (χ4v) is 2.73. The Bertz CT molecular complexity index is 629. The monoisotopic (exact) mass is 286 g/mol. The van der Waals surface area contributed by atoms with E-state index in [0.29, 0.717) is 12.5 Å². The molecule has 0 aliphatic heterocycles. The van der Waals surface area contributed by atoms with E-state index in [1.165, 1.54) is 17.3 Å². The average Bonchev–Trinajstić information content (AvgIpc) is 2.51. The Balaban J connectivity index is 1.74. The molecule has 0 bridgehead atoms. The molecule has 1 unspecified atom stereocenters. The molecule has 0 saturated heterocycles. The van der Waals surface area contributed by atoms with Gasteiger partial charge in [-0.2, -0.15) is 4.98 Å². The van der Waals surface area contributed by atoms with Gasteiger partial charge in [-0.05, 0) is 37.3 Å². The molecule has 0 fully saturated rings. The van der Waals surface area contributed by atoms with E-state index >= 15 is 0 Å². The van der Waals surface area contributed by atoms with E-state index in [1.54, 1.807) is 0 Å². The van der Waals surface area contributed by atoms with Crippen LogP contribution < -0.4 is 10.6 Å². The number of nitrogens with zero attached hydrogens (tertiary/aromatic N) is 2. The molecule has 2 N–H and O–H groups in total. The number of hydrogen-bond acceptors (Lipinski definition) is 4. The van der Waals surface area contributed by atoms with Gasteiger partial charge in [0.2, 0.25) is 5.95 Å². The van der Waals surface area contributed by atoms with Crippen molar-refractivity contribution in [2.75, 3.05) is 17.2 Å². The Morgan fingerprint density at radius 3 is 2.90 bits per heavy atom. The molecule has 1 aromatic heterocycles. The number of anilines is 2. The summed E-state index contributed by atoms with van der Waals surface area (Å²) in [5.74, 6) is 0.332. The van der Waals surface area contributed by atoms with Crippen molar-refractivity contribution < 1.29 is 4.39 Å². The first-order valence-corrected chi connectivity index (χ1v) is 7.36. The molecule has 1 heterocycles. The maximum absolute atomic E-state index is 13.8. The molecule has 3 rings (SSSR count). The van der Waals surface area contributed by atoms with E-state index in [-0.39, 0.29) is 11.9 Å². The van der Waals surface area contributed by atoms with Gasteiger partial charge in [-0.1, -0.05) is 24.3 Å². The Hall–Kier alpha value is -2.17. The summed E-state index contributed by atoms with van der Waals surface area (Å²) in [7, 11) is 0. The second-order valence-corrected chi connectivity index (χ2v) is 5.27. The lowest BCUT2D eigenvalue weighted by atomic mass is 9.88. The zero-order valence-electron chi connectivity index (χ0n) is 12.1. The third-order valence-electron chi connectivity index (χ3n) is 3.77. The lowest BCUT2D eigenvalue weighted by molar-refractivity contribution is 0.583. The van der Waals surface area contributed by atoms with Crippen molar-refractivity contribution in [3.8, 4) is 0 Å². The van der Waals surface area contributed by atoms with Crippen LogP contribution in [0.3, 0.4) is 0 Å². The SMILES string of the molecule is CCNc1ncc(F)c(NC2CCc3ccccc3C2)n1. The Kier molecular flexibility index (Phi) is 3.99. The highest BCUT2D eigenvalue weighted by Crippen LogP contribution is 2.24. The first-order valence-electron chi connectivity index (χ1n) is 7.36. The summed E-state index contributed by atoms with van der Waals surface area (Å²) >= 11 is 0. The average molecular weight is 286 g/mol. The lowest BCUT2D eigenvalue weighted by Gasteiger charge is -2.26. The van der Waals surface area contributed by atoms with Gasteiger partial charge < -0.3 is 10.6 Å². The zero-order valence-corrected chi connectivity index (χ0v) is 12.1. The van der Waals surface area contributed by atoms with E-state index in [0.717, 1.165) is 19.3 Å². The Labute approximate surface area is 123 Å². The molecule has 0 saturated carbocycles. The van der Waals surface area contributed by atoms with Crippen LogP contribution in [0.1, 0.15) is 24.5 Å². The summed E-state index contributed by atoms with van der Waals surface area (Å²) < 4.78 is 13.8. The Morgan fingerprint density at radius 2 is 2.10 bits per heavy atom. The highest BCUT2D eigenvalue weighted by molar-refractivity contribution is 5.43. The highest BCUT2D eigenvalue weighted by atomic mass is 19.1. The molecular formula is C16H19FN4. The summed E-state index contributed by atoms with van der Waals surface area (Å²) in [5, 5.41) is 6.22. The molecular weight excluding hydrogens is 267 g/mol. The van der Waals surface area contributed by atoms with Crippen LogP contribution in [0, 0.1) is 5.82 Å². The number of benzene rings is 1. The first kappa shape index (κ1) is 13.8. The van der Waals surface area contributed by atoms with E-state index in [9.17, 15) is 4.39 Å². The quantitative estimate of drug-likeness (QED) is 0.907. The minimum Gasteiger partial charge on any atom is -0.364 e. The molecule has 1 aromatic carbocycles. The van der Waals surface area contributed by atoms with Crippen molar-refractivity contribution in [2.45, 2.75) is 32.2 Å². The van der Waals surface area contributed by atoms with Gasteiger partial charge in [-0.25, -0.2) is 9.37 Å². The second-order valence-electron chi connectivity index (χ2n) is 5.27. The molecule has 4 nitrogen and oxygen atoms in total.